The number of hydrogen-bond acceptors (Lipinski definition) is 6. The molecule has 0 aliphatic heterocycles. The SMILES string of the molecule is COc1ccc(/C=c2/sc3nc(/C=C/c4ccc(F)cc4)nn3c2=O)cc1OC. The van der Waals surface area contributed by atoms with E-state index in [-0.39, 0.29) is 11.4 Å². The molecule has 0 spiro atoms. The van der Waals surface area contributed by atoms with Gasteiger partial charge in [0, 0.05) is 0 Å². The number of thiazole rings is 1. The molecular weight excluding hydrogens is 393 g/mol. The van der Waals surface area contributed by atoms with E-state index in [0.29, 0.717) is 26.8 Å². The molecular formula is C21H16FN3O3S. The Bertz CT molecular complexity index is 1310. The minimum absolute atomic E-state index is 0.242. The first-order valence-corrected chi connectivity index (χ1v) is 9.46. The number of aromatic nitrogens is 3. The Morgan fingerprint density at radius 1 is 1.00 bits per heavy atom. The predicted octanol–water partition coefficient (Wildman–Crippen LogP) is 3.03. The minimum atomic E-state index is -0.294. The lowest BCUT2D eigenvalue weighted by molar-refractivity contribution is 0.355. The van der Waals surface area contributed by atoms with Crippen molar-refractivity contribution in [1.29, 1.82) is 0 Å². The van der Waals surface area contributed by atoms with E-state index in [2.05, 4.69) is 10.1 Å². The molecule has 0 atom stereocenters. The number of rotatable bonds is 5. The van der Waals surface area contributed by atoms with Gasteiger partial charge in [0.1, 0.15) is 5.82 Å². The normalized spacial score (nSPS) is 12.2. The van der Waals surface area contributed by atoms with Crippen LogP contribution in [0.5, 0.6) is 11.5 Å². The Balaban J connectivity index is 1.65. The van der Waals surface area contributed by atoms with Crippen LogP contribution in [-0.4, -0.2) is 28.8 Å². The van der Waals surface area contributed by atoms with Crippen molar-refractivity contribution in [2.75, 3.05) is 14.2 Å². The summed E-state index contributed by atoms with van der Waals surface area (Å²) in [6.07, 6.45) is 5.21. The van der Waals surface area contributed by atoms with Crippen molar-refractivity contribution in [3.8, 4) is 11.5 Å². The van der Waals surface area contributed by atoms with Crippen LogP contribution in [0.1, 0.15) is 17.0 Å². The molecule has 0 amide bonds. The maximum atomic E-state index is 13.0. The maximum absolute atomic E-state index is 13.0. The average Bonchev–Trinajstić information content (AvgIpc) is 3.26. The zero-order chi connectivity index (χ0) is 20.4. The summed E-state index contributed by atoms with van der Waals surface area (Å²) in [4.78, 5) is 17.5. The van der Waals surface area contributed by atoms with E-state index in [1.807, 2.05) is 6.07 Å². The second-order valence-electron chi connectivity index (χ2n) is 6.08. The number of halogens is 1. The third-order valence-corrected chi connectivity index (χ3v) is 5.16. The lowest BCUT2D eigenvalue weighted by Crippen LogP contribution is -2.23. The van der Waals surface area contributed by atoms with E-state index < -0.39 is 0 Å². The van der Waals surface area contributed by atoms with E-state index in [0.717, 1.165) is 11.1 Å². The van der Waals surface area contributed by atoms with Crippen molar-refractivity contribution >= 4 is 34.5 Å². The second-order valence-corrected chi connectivity index (χ2v) is 7.09. The smallest absolute Gasteiger partial charge is 0.291 e. The van der Waals surface area contributed by atoms with Gasteiger partial charge < -0.3 is 9.47 Å². The molecule has 2 aromatic heterocycles. The van der Waals surface area contributed by atoms with Gasteiger partial charge in [0.25, 0.3) is 5.56 Å². The summed E-state index contributed by atoms with van der Waals surface area (Å²) < 4.78 is 25.3. The molecule has 0 saturated heterocycles. The van der Waals surface area contributed by atoms with Gasteiger partial charge in [-0.15, -0.1) is 5.10 Å². The van der Waals surface area contributed by atoms with E-state index in [1.165, 1.54) is 28.0 Å². The Morgan fingerprint density at radius 2 is 1.72 bits per heavy atom. The van der Waals surface area contributed by atoms with Gasteiger partial charge in [-0.25, -0.2) is 4.39 Å². The first-order valence-electron chi connectivity index (χ1n) is 8.64. The highest BCUT2D eigenvalue weighted by molar-refractivity contribution is 7.15. The lowest BCUT2D eigenvalue weighted by atomic mass is 10.2. The van der Waals surface area contributed by atoms with Crippen molar-refractivity contribution in [1.82, 2.24) is 14.6 Å². The van der Waals surface area contributed by atoms with E-state index in [1.54, 1.807) is 56.7 Å². The molecule has 6 nitrogen and oxygen atoms in total. The summed E-state index contributed by atoms with van der Waals surface area (Å²) in [5, 5.41) is 4.25. The third kappa shape index (κ3) is 3.88. The number of nitrogens with zero attached hydrogens (tertiary/aromatic N) is 3. The second kappa shape index (κ2) is 7.84. The quantitative estimate of drug-likeness (QED) is 0.507. The lowest BCUT2D eigenvalue weighted by Gasteiger charge is -2.07. The fourth-order valence-electron chi connectivity index (χ4n) is 2.76. The molecule has 29 heavy (non-hydrogen) atoms. The average molecular weight is 409 g/mol. The van der Waals surface area contributed by atoms with Crippen LogP contribution < -0.4 is 19.6 Å². The topological polar surface area (TPSA) is 65.7 Å². The zero-order valence-electron chi connectivity index (χ0n) is 15.6. The van der Waals surface area contributed by atoms with Crippen molar-refractivity contribution in [2.24, 2.45) is 0 Å². The van der Waals surface area contributed by atoms with Gasteiger partial charge in [-0.2, -0.15) is 9.50 Å². The molecule has 4 aromatic rings. The van der Waals surface area contributed by atoms with Crippen molar-refractivity contribution < 1.29 is 13.9 Å². The van der Waals surface area contributed by atoms with Crippen LogP contribution in [0.2, 0.25) is 0 Å². The Labute approximate surface area is 169 Å². The largest absolute Gasteiger partial charge is 0.493 e. The van der Waals surface area contributed by atoms with Crippen LogP contribution in [0.4, 0.5) is 4.39 Å². The standard InChI is InChI=1S/C21H16FN3O3S/c1-27-16-9-5-14(11-17(16)28-2)12-18-20(26)25-21(29-18)23-19(24-25)10-6-13-3-7-15(22)8-4-13/h3-12H,1-2H3/b10-6+,18-12+. The van der Waals surface area contributed by atoms with Crippen LogP contribution in [0.25, 0.3) is 23.2 Å². The molecule has 0 bridgehead atoms. The number of ether oxygens (including phenoxy) is 2. The first-order chi connectivity index (χ1) is 14.1. The molecule has 0 aliphatic rings. The maximum Gasteiger partial charge on any atom is 0.291 e. The van der Waals surface area contributed by atoms with Gasteiger partial charge >= 0.3 is 0 Å². The van der Waals surface area contributed by atoms with E-state index >= 15 is 0 Å². The van der Waals surface area contributed by atoms with Gasteiger partial charge in [-0.1, -0.05) is 35.6 Å². The van der Waals surface area contributed by atoms with Gasteiger partial charge in [-0.05, 0) is 47.5 Å². The Kier molecular flexibility index (Phi) is 5.09. The zero-order valence-corrected chi connectivity index (χ0v) is 16.4. The highest BCUT2D eigenvalue weighted by Gasteiger charge is 2.10. The molecule has 0 saturated carbocycles. The van der Waals surface area contributed by atoms with Crippen molar-refractivity contribution in [2.45, 2.75) is 0 Å². The molecule has 0 fully saturated rings. The highest BCUT2D eigenvalue weighted by atomic mass is 32.1. The van der Waals surface area contributed by atoms with Crippen molar-refractivity contribution in [3.05, 3.63) is 80.1 Å². The summed E-state index contributed by atoms with van der Waals surface area (Å²) in [6, 6.07) is 11.5. The molecule has 0 unspecified atom stereocenters. The summed E-state index contributed by atoms with van der Waals surface area (Å²) in [5.41, 5.74) is 1.38. The highest BCUT2D eigenvalue weighted by Crippen LogP contribution is 2.27. The van der Waals surface area contributed by atoms with Gasteiger partial charge in [0.15, 0.2) is 17.3 Å². The third-order valence-electron chi connectivity index (χ3n) is 4.20. The minimum Gasteiger partial charge on any atom is -0.493 e. The van der Waals surface area contributed by atoms with Gasteiger partial charge in [0.05, 0.1) is 18.8 Å². The number of benzene rings is 2. The number of hydrogen-bond donors (Lipinski definition) is 0. The Morgan fingerprint density at radius 3 is 2.41 bits per heavy atom. The van der Waals surface area contributed by atoms with Crippen LogP contribution in [0.3, 0.4) is 0 Å². The molecule has 2 aromatic carbocycles. The first kappa shape index (κ1) is 18.8. The van der Waals surface area contributed by atoms with Gasteiger partial charge in [0.2, 0.25) is 4.96 Å². The number of fused-ring (bicyclic) bond motifs is 1. The van der Waals surface area contributed by atoms with Crippen molar-refractivity contribution in [3.63, 3.8) is 0 Å². The predicted molar refractivity (Wildman–Crippen MR) is 111 cm³/mol. The molecule has 0 radical (unpaired) electrons. The number of methoxy groups -OCH3 is 2. The van der Waals surface area contributed by atoms with Gasteiger partial charge in [-0.3, -0.25) is 4.79 Å². The molecule has 146 valence electrons. The molecule has 2 heterocycles. The molecule has 4 rings (SSSR count). The molecule has 8 heteroatoms. The molecule has 0 aliphatic carbocycles. The van der Waals surface area contributed by atoms with Crippen LogP contribution in [0, 0.1) is 5.82 Å². The Hall–Kier alpha value is -3.52. The van der Waals surface area contributed by atoms with Crippen LogP contribution in [-0.2, 0) is 0 Å². The summed E-state index contributed by atoms with van der Waals surface area (Å²) in [5.74, 6) is 1.32. The summed E-state index contributed by atoms with van der Waals surface area (Å²) >= 11 is 1.25. The van der Waals surface area contributed by atoms with Crippen LogP contribution in [0.15, 0.2) is 47.3 Å². The molecule has 0 N–H and O–H groups in total. The van der Waals surface area contributed by atoms with E-state index in [9.17, 15) is 9.18 Å². The summed E-state index contributed by atoms with van der Waals surface area (Å²) in [6.45, 7) is 0. The van der Waals surface area contributed by atoms with Crippen LogP contribution >= 0.6 is 11.3 Å². The monoisotopic (exact) mass is 409 g/mol. The fourth-order valence-corrected chi connectivity index (χ4v) is 3.67. The summed E-state index contributed by atoms with van der Waals surface area (Å²) in [7, 11) is 3.13. The fraction of sp³-hybridized carbons (Fsp3) is 0.0952. The van der Waals surface area contributed by atoms with E-state index in [4.69, 9.17) is 9.47 Å².